The third-order valence-electron chi connectivity index (χ3n) is 2.61. The monoisotopic (exact) mass is 308 g/mol. The topological polar surface area (TPSA) is 35.6 Å². The average molecular weight is 309 g/mol. The Labute approximate surface area is 112 Å². The summed E-state index contributed by atoms with van der Waals surface area (Å²) in [6.07, 6.45) is 7.53. The number of nitrogens with zero attached hydrogens (tertiary/aromatic N) is 4. The predicted octanol–water partition coefficient (Wildman–Crippen LogP) is 2.89. The van der Waals surface area contributed by atoms with Crippen LogP contribution in [0.2, 0.25) is 0 Å². The van der Waals surface area contributed by atoms with Crippen LogP contribution in [0, 0.1) is 0 Å². The molecule has 0 aliphatic heterocycles. The van der Waals surface area contributed by atoms with Crippen LogP contribution in [-0.2, 0) is 7.05 Å². The number of thiol groups is 1. The molecule has 0 atom stereocenters. The Bertz CT molecular complexity index is 701. The van der Waals surface area contributed by atoms with Crippen molar-refractivity contribution in [2.75, 3.05) is 0 Å². The van der Waals surface area contributed by atoms with Crippen molar-refractivity contribution in [1.82, 2.24) is 18.7 Å². The SMILES string of the molecule is Cn1cc(-c2cn(S)c3ncc(Br)cc23)cn1. The van der Waals surface area contributed by atoms with Gasteiger partial charge in [0.2, 0.25) is 0 Å². The first-order valence-electron chi connectivity index (χ1n) is 5.00. The van der Waals surface area contributed by atoms with Crippen molar-refractivity contribution in [2.24, 2.45) is 7.05 Å². The van der Waals surface area contributed by atoms with E-state index in [4.69, 9.17) is 0 Å². The van der Waals surface area contributed by atoms with Gasteiger partial charge in [0.25, 0.3) is 0 Å². The zero-order valence-electron chi connectivity index (χ0n) is 9.00. The molecule has 0 aliphatic carbocycles. The van der Waals surface area contributed by atoms with Crippen molar-refractivity contribution in [2.45, 2.75) is 0 Å². The molecule has 6 heteroatoms. The standard InChI is InChI=1S/C11H9BrN4S/c1-15-5-7(3-14-15)10-6-16(17)11-9(10)2-8(12)4-13-11/h2-6,17H,1H3. The van der Waals surface area contributed by atoms with Gasteiger partial charge < -0.3 is 0 Å². The molecule has 3 aromatic heterocycles. The van der Waals surface area contributed by atoms with E-state index < -0.39 is 0 Å². The van der Waals surface area contributed by atoms with E-state index in [2.05, 4.69) is 38.8 Å². The molecule has 3 heterocycles. The molecule has 0 saturated carbocycles. The fourth-order valence-corrected chi connectivity index (χ4v) is 2.46. The van der Waals surface area contributed by atoms with Gasteiger partial charge in [-0.2, -0.15) is 5.10 Å². The molecule has 86 valence electrons. The average Bonchev–Trinajstić information content (AvgIpc) is 2.83. The Morgan fingerprint density at radius 3 is 2.82 bits per heavy atom. The molecule has 0 N–H and O–H groups in total. The van der Waals surface area contributed by atoms with Crippen molar-refractivity contribution >= 4 is 39.8 Å². The Morgan fingerprint density at radius 1 is 1.29 bits per heavy atom. The molecule has 0 unspecified atom stereocenters. The van der Waals surface area contributed by atoms with Gasteiger partial charge in [0.05, 0.1) is 6.20 Å². The second-order valence-electron chi connectivity index (χ2n) is 3.81. The highest BCUT2D eigenvalue weighted by molar-refractivity contribution is 9.10. The van der Waals surface area contributed by atoms with Crippen LogP contribution in [0.5, 0.6) is 0 Å². The van der Waals surface area contributed by atoms with Crippen molar-refractivity contribution in [1.29, 1.82) is 0 Å². The number of aryl methyl sites for hydroxylation is 1. The van der Waals surface area contributed by atoms with E-state index in [0.717, 1.165) is 26.6 Å². The zero-order valence-corrected chi connectivity index (χ0v) is 11.5. The molecule has 3 aromatic rings. The summed E-state index contributed by atoms with van der Waals surface area (Å²) in [5.74, 6) is 0. The lowest BCUT2D eigenvalue weighted by Gasteiger charge is -1.95. The second-order valence-corrected chi connectivity index (χ2v) is 5.16. The minimum atomic E-state index is 0.843. The highest BCUT2D eigenvalue weighted by Gasteiger charge is 2.11. The first kappa shape index (κ1) is 10.9. The summed E-state index contributed by atoms with van der Waals surface area (Å²) in [6, 6.07) is 2.04. The third kappa shape index (κ3) is 1.77. The lowest BCUT2D eigenvalue weighted by atomic mass is 10.1. The van der Waals surface area contributed by atoms with Gasteiger partial charge in [0, 0.05) is 46.6 Å². The van der Waals surface area contributed by atoms with E-state index >= 15 is 0 Å². The molecular weight excluding hydrogens is 300 g/mol. The number of pyridine rings is 1. The molecule has 0 radical (unpaired) electrons. The van der Waals surface area contributed by atoms with Crippen LogP contribution in [0.1, 0.15) is 0 Å². The zero-order chi connectivity index (χ0) is 12.0. The summed E-state index contributed by atoms with van der Waals surface area (Å²) in [5.41, 5.74) is 2.98. The predicted molar refractivity (Wildman–Crippen MR) is 74.0 cm³/mol. The van der Waals surface area contributed by atoms with Crippen molar-refractivity contribution < 1.29 is 0 Å². The number of rotatable bonds is 1. The third-order valence-corrected chi connectivity index (χ3v) is 3.35. The summed E-state index contributed by atoms with van der Waals surface area (Å²) >= 11 is 7.81. The van der Waals surface area contributed by atoms with Crippen LogP contribution in [-0.4, -0.2) is 18.7 Å². The van der Waals surface area contributed by atoms with Gasteiger partial charge in [-0.15, -0.1) is 0 Å². The largest absolute Gasteiger partial charge is 0.277 e. The molecule has 0 saturated heterocycles. The maximum absolute atomic E-state index is 4.37. The van der Waals surface area contributed by atoms with Crippen LogP contribution in [0.4, 0.5) is 0 Å². The van der Waals surface area contributed by atoms with E-state index in [1.807, 2.05) is 31.7 Å². The van der Waals surface area contributed by atoms with E-state index in [0.29, 0.717) is 0 Å². The van der Waals surface area contributed by atoms with Crippen LogP contribution < -0.4 is 0 Å². The summed E-state index contributed by atoms with van der Waals surface area (Å²) in [7, 11) is 1.90. The smallest absolute Gasteiger partial charge is 0.150 e. The lowest BCUT2D eigenvalue weighted by molar-refractivity contribution is 0.768. The molecule has 17 heavy (non-hydrogen) atoms. The highest BCUT2D eigenvalue weighted by Crippen LogP contribution is 2.31. The fourth-order valence-electron chi connectivity index (χ4n) is 1.86. The van der Waals surface area contributed by atoms with Gasteiger partial charge in [-0.25, -0.2) is 4.98 Å². The van der Waals surface area contributed by atoms with Crippen molar-refractivity contribution in [3.63, 3.8) is 0 Å². The van der Waals surface area contributed by atoms with Gasteiger partial charge in [-0.1, -0.05) is 12.8 Å². The molecule has 4 nitrogen and oxygen atoms in total. The van der Waals surface area contributed by atoms with Crippen molar-refractivity contribution in [3.8, 4) is 11.1 Å². The Kier molecular flexibility index (Phi) is 2.48. The maximum Gasteiger partial charge on any atom is 0.150 e. The molecule has 0 fully saturated rings. The first-order valence-corrected chi connectivity index (χ1v) is 6.19. The summed E-state index contributed by atoms with van der Waals surface area (Å²) in [5, 5.41) is 5.24. The Morgan fingerprint density at radius 2 is 2.12 bits per heavy atom. The van der Waals surface area contributed by atoms with E-state index in [9.17, 15) is 0 Å². The Hall–Kier alpha value is -1.27. The summed E-state index contributed by atoms with van der Waals surface area (Å²) in [4.78, 5) is 4.35. The number of hydrogen-bond donors (Lipinski definition) is 1. The van der Waals surface area contributed by atoms with Crippen LogP contribution in [0.25, 0.3) is 22.2 Å². The van der Waals surface area contributed by atoms with Gasteiger partial charge in [-0.05, 0) is 22.0 Å². The number of hydrogen-bond acceptors (Lipinski definition) is 3. The molecule has 0 amide bonds. The second kappa shape index (κ2) is 3.89. The minimum absolute atomic E-state index is 0.843. The maximum atomic E-state index is 4.37. The normalized spacial score (nSPS) is 11.2. The first-order chi connectivity index (χ1) is 8.15. The summed E-state index contributed by atoms with van der Waals surface area (Å²) < 4.78 is 4.46. The quantitative estimate of drug-likeness (QED) is 0.702. The van der Waals surface area contributed by atoms with E-state index in [1.165, 1.54) is 0 Å². The lowest BCUT2D eigenvalue weighted by Crippen LogP contribution is -1.84. The highest BCUT2D eigenvalue weighted by atomic mass is 79.9. The summed E-state index contributed by atoms with van der Waals surface area (Å²) in [6.45, 7) is 0. The molecular formula is C11H9BrN4S. The van der Waals surface area contributed by atoms with E-state index in [1.54, 1.807) is 14.9 Å². The molecule has 0 aromatic carbocycles. The Balaban J connectivity index is 2.33. The molecule has 0 bridgehead atoms. The fraction of sp³-hybridized carbons (Fsp3) is 0.0909. The van der Waals surface area contributed by atoms with Crippen LogP contribution >= 0.6 is 28.7 Å². The van der Waals surface area contributed by atoms with Gasteiger partial charge in [0.1, 0.15) is 5.65 Å². The molecule has 0 aliphatic rings. The number of aromatic nitrogens is 4. The minimum Gasteiger partial charge on any atom is -0.277 e. The van der Waals surface area contributed by atoms with E-state index in [-0.39, 0.29) is 0 Å². The van der Waals surface area contributed by atoms with Crippen LogP contribution in [0.15, 0.2) is 35.3 Å². The van der Waals surface area contributed by atoms with Gasteiger partial charge >= 0.3 is 0 Å². The number of fused-ring (bicyclic) bond motifs is 1. The molecule has 0 spiro atoms. The van der Waals surface area contributed by atoms with Gasteiger partial charge in [0.15, 0.2) is 0 Å². The number of halogens is 1. The van der Waals surface area contributed by atoms with Crippen molar-refractivity contribution in [3.05, 3.63) is 35.3 Å². The van der Waals surface area contributed by atoms with Gasteiger partial charge in [-0.3, -0.25) is 8.65 Å². The molecule has 3 rings (SSSR count). The van der Waals surface area contributed by atoms with Crippen LogP contribution in [0.3, 0.4) is 0 Å².